The standard InChI is InChI=1S/C23H29N5O5S/c1-33-21-10-9-19(34(31,32)26-18-7-8-18)15-20(21)25-23(30)28-13-11-27(12-14-28)16-22(29)24-17-5-3-2-4-6-17/h2-6,9-10,15,18,26H,7-8,11-14,16H2,1H3,(H,24,29)(H,25,30). The van der Waals surface area contributed by atoms with E-state index in [4.69, 9.17) is 4.74 Å². The van der Waals surface area contributed by atoms with Crippen molar-refractivity contribution >= 4 is 33.3 Å². The zero-order valence-corrected chi connectivity index (χ0v) is 19.8. The summed E-state index contributed by atoms with van der Waals surface area (Å²) in [7, 11) is -2.20. The fourth-order valence-corrected chi connectivity index (χ4v) is 5.00. The van der Waals surface area contributed by atoms with Crippen molar-refractivity contribution in [2.75, 3.05) is 50.5 Å². The fourth-order valence-electron chi connectivity index (χ4n) is 3.67. The summed E-state index contributed by atoms with van der Waals surface area (Å²) in [5.41, 5.74) is 1.03. The zero-order valence-electron chi connectivity index (χ0n) is 19.0. The minimum atomic E-state index is -3.66. The average Bonchev–Trinajstić information content (AvgIpc) is 3.63. The Kier molecular flexibility index (Phi) is 7.35. The number of ether oxygens (including phenoxy) is 1. The molecule has 2 aromatic carbocycles. The third-order valence-electron chi connectivity index (χ3n) is 5.71. The number of hydrogen-bond acceptors (Lipinski definition) is 6. The van der Waals surface area contributed by atoms with Crippen LogP contribution >= 0.6 is 0 Å². The minimum Gasteiger partial charge on any atom is -0.495 e. The van der Waals surface area contributed by atoms with Gasteiger partial charge in [0, 0.05) is 37.9 Å². The summed E-state index contributed by atoms with van der Waals surface area (Å²) in [6.45, 7) is 2.22. The van der Waals surface area contributed by atoms with Gasteiger partial charge in [0.1, 0.15) is 5.75 Å². The smallest absolute Gasteiger partial charge is 0.322 e. The molecular formula is C23H29N5O5S. The quantitative estimate of drug-likeness (QED) is 0.523. The number of amides is 3. The predicted octanol–water partition coefficient (Wildman–Crippen LogP) is 1.92. The molecule has 3 amide bonds. The van der Waals surface area contributed by atoms with Crippen molar-refractivity contribution in [3.05, 3.63) is 48.5 Å². The van der Waals surface area contributed by atoms with E-state index in [0.717, 1.165) is 18.5 Å². The Morgan fingerprint density at radius 3 is 2.35 bits per heavy atom. The van der Waals surface area contributed by atoms with E-state index >= 15 is 0 Å². The number of piperazine rings is 1. The van der Waals surface area contributed by atoms with Gasteiger partial charge in [0.15, 0.2) is 0 Å². The van der Waals surface area contributed by atoms with Crippen molar-refractivity contribution in [3.63, 3.8) is 0 Å². The molecule has 1 heterocycles. The lowest BCUT2D eigenvalue weighted by Crippen LogP contribution is -2.51. The SMILES string of the molecule is COc1ccc(S(=O)(=O)NC2CC2)cc1NC(=O)N1CCN(CC(=O)Nc2ccccc2)CC1. The molecule has 34 heavy (non-hydrogen) atoms. The summed E-state index contributed by atoms with van der Waals surface area (Å²) in [5.74, 6) is 0.265. The lowest BCUT2D eigenvalue weighted by molar-refractivity contribution is -0.117. The molecule has 1 saturated heterocycles. The molecule has 0 atom stereocenters. The van der Waals surface area contributed by atoms with Crippen molar-refractivity contribution in [3.8, 4) is 5.75 Å². The van der Waals surface area contributed by atoms with Gasteiger partial charge in [-0.25, -0.2) is 17.9 Å². The van der Waals surface area contributed by atoms with E-state index in [1.165, 1.54) is 25.3 Å². The van der Waals surface area contributed by atoms with E-state index in [-0.39, 0.29) is 35.1 Å². The number of hydrogen-bond donors (Lipinski definition) is 3. The van der Waals surface area contributed by atoms with Gasteiger partial charge in [-0.3, -0.25) is 9.69 Å². The number of para-hydroxylation sites is 1. The van der Waals surface area contributed by atoms with Crippen LogP contribution < -0.4 is 20.1 Å². The molecule has 10 nitrogen and oxygen atoms in total. The molecule has 0 aromatic heterocycles. The number of sulfonamides is 1. The van der Waals surface area contributed by atoms with Crippen LogP contribution in [-0.2, 0) is 14.8 Å². The van der Waals surface area contributed by atoms with Gasteiger partial charge in [0.25, 0.3) is 0 Å². The lowest BCUT2D eigenvalue weighted by atomic mass is 10.3. The van der Waals surface area contributed by atoms with Crippen molar-refractivity contribution in [2.24, 2.45) is 0 Å². The maximum absolute atomic E-state index is 12.9. The van der Waals surface area contributed by atoms with E-state index in [9.17, 15) is 18.0 Å². The first-order chi connectivity index (χ1) is 16.3. The van der Waals surface area contributed by atoms with Crippen LogP contribution in [0.5, 0.6) is 5.75 Å². The molecule has 0 radical (unpaired) electrons. The van der Waals surface area contributed by atoms with Crippen LogP contribution in [0, 0.1) is 0 Å². The molecular weight excluding hydrogens is 458 g/mol. The number of nitrogens with one attached hydrogen (secondary N) is 3. The predicted molar refractivity (Wildman–Crippen MR) is 128 cm³/mol. The molecule has 0 bridgehead atoms. The topological polar surface area (TPSA) is 120 Å². The Balaban J connectivity index is 1.32. The van der Waals surface area contributed by atoms with Crippen molar-refractivity contribution in [2.45, 2.75) is 23.8 Å². The number of carbonyl (C=O) groups excluding carboxylic acids is 2. The van der Waals surface area contributed by atoms with Gasteiger partial charge in [-0.2, -0.15) is 0 Å². The number of nitrogens with zero attached hydrogens (tertiary/aromatic N) is 2. The number of methoxy groups -OCH3 is 1. The molecule has 4 rings (SSSR count). The van der Waals surface area contributed by atoms with Crippen LogP contribution in [0.2, 0.25) is 0 Å². The van der Waals surface area contributed by atoms with Crippen LogP contribution in [0.25, 0.3) is 0 Å². The molecule has 2 aliphatic rings. The normalized spacial score (nSPS) is 16.7. The Labute approximate surface area is 199 Å². The van der Waals surface area contributed by atoms with E-state index in [1.54, 1.807) is 4.90 Å². The Morgan fingerprint density at radius 1 is 1.00 bits per heavy atom. The molecule has 182 valence electrons. The van der Waals surface area contributed by atoms with E-state index < -0.39 is 10.0 Å². The second-order valence-electron chi connectivity index (χ2n) is 8.37. The first-order valence-electron chi connectivity index (χ1n) is 11.2. The largest absolute Gasteiger partial charge is 0.495 e. The van der Waals surface area contributed by atoms with E-state index in [0.29, 0.717) is 31.9 Å². The van der Waals surface area contributed by atoms with Gasteiger partial charge in [0.2, 0.25) is 15.9 Å². The maximum Gasteiger partial charge on any atom is 0.322 e. The molecule has 3 N–H and O–H groups in total. The second-order valence-corrected chi connectivity index (χ2v) is 10.1. The minimum absolute atomic E-state index is 0.0174. The number of carbonyl (C=O) groups is 2. The highest BCUT2D eigenvalue weighted by molar-refractivity contribution is 7.89. The van der Waals surface area contributed by atoms with Gasteiger partial charge in [-0.15, -0.1) is 0 Å². The summed E-state index contributed by atoms with van der Waals surface area (Å²) < 4.78 is 33.0. The first kappa shape index (κ1) is 24.0. The summed E-state index contributed by atoms with van der Waals surface area (Å²) >= 11 is 0. The Morgan fingerprint density at radius 2 is 1.71 bits per heavy atom. The number of benzene rings is 2. The zero-order chi connectivity index (χ0) is 24.1. The number of rotatable bonds is 8. The summed E-state index contributed by atoms with van der Waals surface area (Å²) in [5, 5.41) is 5.63. The summed E-state index contributed by atoms with van der Waals surface area (Å²) in [4.78, 5) is 28.8. The Hall–Kier alpha value is -3.15. The van der Waals surface area contributed by atoms with Crippen LogP contribution in [0.1, 0.15) is 12.8 Å². The number of anilines is 2. The van der Waals surface area contributed by atoms with Gasteiger partial charge in [-0.05, 0) is 43.2 Å². The van der Waals surface area contributed by atoms with E-state index in [2.05, 4.69) is 15.4 Å². The first-order valence-corrected chi connectivity index (χ1v) is 12.7. The molecule has 1 aliphatic carbocycles. The van der Waals surface area contributed by atoms with Crippen molar-refractivity contribution in [1.29, 1.82) is 0 Å². The molecule has 11 heteroatoms. The lowest BCUT2D eigenvalue weighted by Gasteiger charge is -2.34. The van der Waals surface area contributed by atoms with Gasteiger partial charge in [0.05, 0.1) is 24.2 Å². The summed E-state index contributed by atoms with van der Waals surface area (Å²) in [6.07, 6.45) is 1.66. The monoisotopic (exact) mass is 487 g/mol. The van der Waals surface area contributed by atoms with Crippen molar-refractivity contribution < 1.29 is 22.7 Å². The van der Waals surface area contributed by atoms with Crippen LogP contribution in [-0.4, -0.2) is 76.0 Å². The molecule has 0 spiro atoms. The average molecular weight is 488 g/mol. The van der Waals surface area contributed by atoms with Crippen LogP contribution in [0.15, 0.2) is 53.4 Å². The fraction of sp³-hybridized carbons (Fsp3) is 0.391. The van der Waals surface area contributed by atoms with Crippen LogP contribution in [0.3, 0.4) is 0 Å². The molecule has 1 saturated carbocycles. The van der Waals surface area contributed by atoms with E-state index in [1.807, 2.05) is 35.2 Å². The van der Waals surface area contributed by atoms with Gasteiger partial charge in [-0.1, -0.05) is 18.2 Å². The number of urea groups is 1. The van der Waals surface area contributed by atoms with Crippen LogP contribution in [0.4, 0.5) is 16.2 Å². The highest BCUT2D eigenvalue weighted by Gasteiger charge is 2.29. The van der Waals surface area contributed by atoms with Gasteiger partial charge >= 0.3 is 6.03 Å². The highest BCUT2D eigenvalue weighted by atomic mass is 32.2. The summed E-state index contributed by atoms with van der Waals surface area (Å²) in [6, 6.07) is 13.3. The highest BCUT2D eigenvalue weighted by Crippen LogP contribution is 2.29. The molecule has 0 unspecified atom stereocenters. The maximum atomic E-state index is 12.9. The Bertz CT molecular complexity index is 1130. The molecule has 2 aromatic rings. The van der Waals surface area contributed by atoms with Crippen molar-refractivity contribution in [1.82, 2.24) is 14.5 Å². The van der Waals surface area contributed by atoms with Gasteiger partial charge < -0.3 is 20.3 Å². The third-order valence-corrected chi connectivity index (χ3v) is 7.22. The molecule has 2 fully saturated rings. The third kappa shape index (κ3) is 6.25. The second kappa shape index (κ2) is 10.4. The molecule has 1 aliphatic heterocycles.